The van der Waals surface area contributed by atoms with Crippen molar-refractivity contribution in [3.05, 3.63) is 30.3 Å². The Labute approximate surface area is 107 Å². The predicted molar refractivity (Wildman–Crippen MR) is 73.4 cm³/mol. The minimum Gasteiger partial charge on any atom is -0.376 e. The number of amides is 1. The van der Waals surface area contributed by atoms with Crippen molar-refractivity contribution in [3.63, 3.8) is 0 Å². The van der Waals surface area contributed by atoms with E-state index in [4.69, 9.17) is 0 Å². The molecule has 1 N–H and O–H groups in total. The predicted octanol–water partition coefficient (Wildman–Crippen LogP) is 2.06. The van der Waals surface area contributed by atoms with Crippen LogP contribution in [0.1, 0.15) is 6.92 Å². The summed E-state index contributed by atoms with van der Waals surface area (Å²) in [6.07, 6.45) is 0. The largest absolute Gasteiger partial charge is 0.376 e. The summed E-state index contributed by atoms with van der Waals surface area (Å²) in [6, 6.07) is 9.85. The van der Waals surface area contributed by atoms with Gasteiger partial charge in [0.15, 0.2) is 0 Å². The summed E-state index contributed by atoms with van der Waals surface area (Å²) in [5.41, 5.74) is 1.00. The number of nitrogens with one attached hydrogen (secondary N) is 1. The van der Waals surface area contributed by atoms with E-state index in [0.29, 0.717) is 11.8 Å². The van der Waals surface area contributed by atoms with Crippen LogP contribution >= 0.6 is 11.8 Å². The molecule has 1 atom stereocenters. The van der Waals surface area contributed by atoms with Gasteiger partial charge in [0.25, 0.3) is 0 Å². The zero-order valence-corrected chi connectivity index (χ0v) is 10.9. The Kier molecular flexibility index (Phi) is 4.31. The molecule has 4 heteroatoms. The first kappa shape index (κ1) is 12.3. The normalized spacial score (nSPS) is 20.1. The van der Waals surface area contributed by atoms with Crippen LogP contribution in [0.25, 0.3) is 0 Å². The maximum atomic E-state index is 12.0. The third kappa shape index (κ3) is 3.66. The van der Waals surface area contributed by atoms with E-state index in [1.54, 1.807) is 0 Å². The monoisotopic (exact) mass is 250 g/mol. The van der Waals surface area contributed by atoms with Gasteiger partial charge in [0.1, 0.15) is 0 Å². The van der Waals surface area contributed by atoms with Crippen LogP contribution in [0.2, 0.25) is 0 Å². The molecular formula is C13H18N2OS. The standard InChI is InChI=1S/C13H18N2OS/c1-11-10-15(7-8-17-11)13(16)9-14-12-5-3-2-4-6-12/h2-6,11,14H,7-10H2,1H3. The van der Waals surface area contributed by atoms with Crippen molar-refractivity contribution in [2.75, 3.05) is 30.7 Å². The number of carbonyl (C=O) groups is 1. The van der Waals surface area contributed by atoms with E-state index in [9.17, 15) is 4.79 Å². The number of carbonyl (C=O) groups excluding carboxylic acids is 1. The second kappa shape index (κ2) is 5.96. The van der Waals surface area contributed by atoms with E-state index in [0.717, 1.165) is 24.5 Å². The number of thioether (sulfide) groups is 1. The van der Waals surface area contributed by atoms with Gasteiger partial charge in [-0.05, 0) is 12.1 Å². The number of rotatable bonds is 3. The molecule has 1 aromatic carbocycles. The Hall–Kier alpha value is -1.16. The molecule has 92 valence electrons. The van der Waals surface area contributed by atoms with E-state index in [1.807, 2.05) is 47.0 Å². The fourth-order valence-electron chi connectivity index (χ4n) is 1.89. The average Bonchev–Trinajstić information content (AvgIpc) is 2.37. The molecule has 0 bridgehead atoms. The summed E-state index contributed by atoms with van der Waals surface area (Å²) < 4.78 is 0. The van der Waals surface area contributed by atoms with Gasteiger partial charge in [0, 0.05) is 29.8 Å². The van der Waals surface area contributed by atoms with Crippen molar-refractivity contribution in [2.45, 2.75) is 12.2 Å². The summed E-state index contributed by atoms with van der Waals surface area (Å²) >= 11 is 1.94. The van der Waals surface area contributed by atoms with Crippen LogP contribution in [0.5, 0.6) is 0 Å². The van der Waals surface area contributed by atoms with Crippen molar-refractivity contribution in [2.24, 2.45) is 0 Å². The van der Waals surface area contributed by atoms with E-state index in [2.05, 4.69) is 12.2 Å². The minimum atomic E-state index is 0.195. The summed E-state index contributed by atoms with van der Waals surface area (Å²) in [4.78, 5) is 13.9. The van der Waals surface area contributed by atoms with Crippen LogP contribution in [0.3, 0.4) is 0 Å². The van der Waals surface area contributed by atoms with Gasteiger partial charge in [0.2, 0.25) is 5.91 Å². The summed E-state index contributed by atoms with van der Waals surface area (Å²) in [5, 5.41) is 3.72. The summed E-state index contributed by atoms with van der Waals surface area (Å²) in [6.45, 7) is 4.32. The van der Waals surface area contributed by atoms with Crippen LogP contribution in [-0.2, 0) is 4.79 Å². The Balaban J connectivity index is 1.81. The maximum absolute atomic E-state index is 12.0. The minimum absolute atomic E-state index is 0.195. The van der Waals surface area contributed by atoms with Crippen LogP contribution in [0, 0.1) is 0 Å². The topological polar surface area (TPSA) is 32.3 Å². The molecule has 0 saturated carbocycles. The van der Waals surface area contributed by atoms with Crippen LogP contribution in [-0.4, -0.2) is 41.4 Å². The number of para-hydroxylation sites is 1. The highest BCUT2D eigenvalue weighted by molar-refractivity contribution is 7.99. The van der Waals surface area contributed by atoms with Gasteiger partial charge in [-0.15, -0.1) is 0 Å². The van der Waals surface area contributed by atoms with Crippen molar-refractivity contribution < 1.29 is 4.79 Å². The van der Waals surface area contributed by atoms with Gasteiger partial charge in [-0.2, -0.15) is 11.8 Å². The molecule has 1 amide bonds. The molecule has 1 heterocycles. The van der Waals surface area contributed by atoms with E-state index in [-0.39, 0.29) is 5.91 Å². The second-order valence-electron chi connectivity index (χ2n) is 4.24. The molecule has 1 aliphatic rings. The summed E-state index contributed by atoms with van der Waals surface area (Å²) in [5.74, 6) is 1.25. The Morgan fingerprint density at radius 2 is 2.24 bits per heavy atom. The molecule has 1 fully saturated rings. The summed E-state index contributed by atoms with van der Waals surface area (Å²) in [7, 11) is 0. The van der Waals surface area contributed by atoms with E-state index in [1.165, 1.54) is 0 Å². The van der Waals surface area contributed by atoms with Crippen LogP contribution in [0.4, 0.5) is 5.69 Å². The first-order chi connectivity index (χ1) is 8.25. The van der Waals surface area contributed by atoms with Gasteiger partial charge < -0.3 is 10.2 Å². The first-order valence-corrected chi connectivity index (χ1v) is 6.99. The molecule has 3 nitrogen and oxygen atoms in total. The zero-order chi connectivity index (χ0) is 12.1. The molecule has 1 aromatic rings. The molecule has 1 saturated heterocycles. The molecule has 1 unspecified atom stereocenters. The highest BCUT2D eigenvalue weighted by Crippen LogP contribution is 2.17. The second-order valence-corrected chi connectivity index (χ2v) is 5.79. The van der Waals surface area contributed by atoms with Crippen molar-refractivity contribution in [1.29, 1.82) is 0 Å². The lowest BCUT2D eigenvalue weighted by atomic mass is 10.3. The maximum Gasteiger partial charge on any atom is 0.241 e. The van der Waals surface area contributed by atoms with Crippen LogP contribution < -0.4 is 5.32 Å². The molecule has 2 rings (SSSR count). The fraction of sp³-hybridized carbons (Fsp3) is 0.462. The van der Waals surface area contributed by atoms with Gasteiger partial charge >= 0.3 is 0 Å². The van der Waals surface area contributed by atoms with Crippen molar-refractivity contribution in [1.82, 2.24) is 4.90 Å². The lowest BCUT2D eigenvalue weighted by Gasteiger charge is -2.30. The smallest absolute Gasteiger partial charge is 0.241 e. The average molecular weight is 250 g/mol. The Morgan fingerprint density at radius 1 is 1.47 bits per heavy atom. The SMILES string of the molecule is CC1CN(C(=O)CNc2ccccc2)CCS1. The van der Waals surface area contributed by atoms with Crippen LogP contribution in [0.15, 0.2) is 30.3 Å². The van der Waals surface area contributed by atoms with E-state index < -0.39 is 0 Å². The number of hydrogen-bond acceptors (Lipinski definition) is 3. The Bertz CT molecular complexity index is 369. The lowest BCUT2D eigenvalue weighted by Crippen LogP contribution is -2.43. The van der Waals surface area contributed by atoms with Gasteiger partial charge in [0.05, 0.1) is 6.54 Å². The lowest BCUT2D eigenvalue weighted by molar-refractivity contribution is -0.129. The number of benzene rings is 1. The number of hydrogen-bond donors (Lipinski definition) is 1. The molecule has 1 aliphatic heterocycles. The zero-order valence-electron chi connectivity index (χ0n) is 10.1. The molecule has 17 heavy (non-hydrogen) atoms. The number of nitrogens with zero attached hydrogens (tertiary/aromatic N) is 1. The highest BCUT2D eigenvalue weighted by atomic mass is 32.2. The first-order valence-electron chi connectivity index (χ1n) is 5.94. The van der Waals surface area contributed by atoms with Crippen molar-refractivity contribution >= 4 is 23.4 Å². The molecule has 0 radical (unpaired) electrons. The fourth-order valence-corrected chi connectivity index (χ4v) is 2.90. The van der Waals surface area contributed by atoms with Gasteiger partial charge in [-0.3, -0.25) is 4.79 Å². The molecular weight excluding hydrogens is 232 g/mol. The third-order valence-corrected chi connectivity index (χ3v) is 3.95. The highest BCUT2D eigenvalue weighted by Gasteiger charge is 2.20. The van der Waals surface area contributed by atoms with Gasteiger partial charge in [-0.1, -0.05) is 25.1 Å². The van der Waals surface area contributed by atoms with E-state index >= 15 is 0 Å². The van der Waals surface area contributed by atoms with Crippen molar-refractivity contribution in [3.8, 4) is 0 Å². The molecule has 0 aromatic heterocycles. The quantitative estimate of drug-likeness (QED) is 0.891. The molecule has 0 spiro atoms. The molecule has 0 aliphatic carbocycles. The van der Waals surface area contributed by atoms with Gasteiger partial charge in [-0.25, -0.2) is 0 Å². The third-order valence-electron chi connectivity index (χ3n) is 2.81. The number of anilines is 1. The Morgan fingerprint density at radius 3 is 2.94 bits per heavy atom.